The summed E-state index contributed by atoms with van der Waals surface area (Å²) >= 11 is 1.26. The van der Waals surface area contributed by atoms with Crippen molar-refractivity contribution < 1.29 is 9.90 Å². The molecule has 2 amide bonds. The van der Waals surface area contributed by atoms with Crippen molar-refractivity contribution in [1.82, 2.24) is 10.3 Å². The van der Waals surface area contributed by atoms with E-state index in [0.717, 1.165) is 35.1 Å². The zero-order valence-corrected chi connectivity index (χ0v) is 17.4. The number of nitriles is 1. The van der Waals surface area contributed by atoms with Crippen LogP contribution in [0.2, 0.25) is 0 Å². The summed E-state index contributed by atoms with van der Waals surface area (Å²) in [6.07, 6.45) is 7.10. The zero-order chi connectivity index (χ0) is 21.8. The number of urea groups is 1. The summed E-state index contributed by atoms with van der Waals surface area (Å²) in [7, 11) is 0. The van der Waals surface area contributed by atoms with Gasteiger partial charge in [0, 0.05) is 5.38 Å². The standard InChI is InChI=1S/C24H20N4O2S/c1-2-22-27-21(14-31-22)28-23(30)26-20(13-29)17-8-6-16(7-9-17)18-4-3-5-19(12-18)24(15-25)10-11-24/h1,3-9,12,14,20,29H,10-11,13H2,(H2,26,28,30). The number of carbonyl (C=O) groups is 1. The van der Waals surface area contributed by atoms with Crippen LogP contribution in [-0.2, 0) is 5.41 Å². The summed E-state index contributed by atoms with van der Waals surface area (Å²) in [5.41, 5.74) is 3.54. The summed E-state index contributed by atoms with van der Waals surface area (Å²) in [6, 6.07) is 17.1. The Hall–Kier alpha value is -3.65. The molecule has 0 bridgehead atoms. The molecule has 0 spiro atoms. The number of thiazole rings is 1. The molecule has 1 heterocycles. The van der Waals surface area contributed by atoms with Crippen LogP contribution in [0.4, 0.5) is 10.6 Å². The Morgan fingerprint density at radius 2 is 2.03 bits per heavy atom. The van der Waals surface area contributed by atoms with Crippen LogP contribution in [0.3, 0.4) is 0 Å². The number of aliphatic hydroxyl groups is 1. The Kier molecular flexibility index (Phi) is 5.73. The Bertz CT molecular complexity index is 1180. The van der Waals surface area contributed by atoms with Crippen molar-refractivity contribution in [2.75, 3.05) is 11.9 Å². The number of hydrogen-bond acceptors (Lipinski definition) is 5. The molecule has 1 atom stereocenters. The van der Waals surface area contributed by atoms with E-state index in [4.69, 9.17) is 6.42 Å². The van der Waals surface area contributed by atoms with Crippen molar-refractivity contribution in [2.45, 2.75) is 24.3 Å². The minimum Gasteiger partial charge on any atom is -0.394 e. The number of terminal acetylenes is 1. The van der Waals surface area contributed by atoms with Gasteiger partial charge in [0.05, 0.1) is 24.1 Å². The first-order chi connectivity index (χ1) is 15.1. The molecule has 2 aromatic carbocycles. The first-order valence-corrected chi connectivity index (χ1v) is 10.7. The van der Waals surface area contributed by atoms with Crippen LogP contribution in [0.15, 0.2) is 53.9 Å². The van der Waals surface area contributed by atoms with Gasteiger partial charge >= 0.3 is 6.03 Å². The molecule has 7 heteroatoms. The van der Waals surface area contributed by atoms with Crippen LogP contribution in [0.5, 0.6) is 0 Å². The minimum absolute atomic E-state index is 0.250. The van der Waals surface area contributed by atoms with Gasteiger partial charge in [0.2, 0.25) is 0 Å². The lowest BCUT2D eigenvalue weighted by Crippen LogP contribution is -2.34. The fraction of sp³-hybridized carbons (Fsp3) is 0.208. The molecule has 1 fully saturated rings. The highest BCUT2D eigenvalue weighted by molar-refractivity contribution is 7.10. The lowest BCUT2D eigenvalue weighted by molar-refractivity contribution is 0.225. The van der Waals surface area contributed by atoms with E-state index >= 15 is 0 Å². The number of nitrogens with one attached hydrogen (secondary N) is 2. The third-order valence-electron chi connectivity index (χ3n) is 5.38. The minimum atomic E-state index is -0.570. The number of carbonyl (C=O) groups excluding carboxylic acids is 1. The molecule has 4 rings (SSSR count). The second kappa shape index (κ2) is 8.61. The van der Waals surface area contributed by atoms with E-state index in [2.05, 4.69) is 33.7 Å². The molecule has 1 unspecified atom stereocenters. The van der Waals surface area contributed by atoms with Gasteiger partial charge in [-0.15, -0.1) is 17.8 Å². The highest BCUT2D eigenvalue weighted by Crippen LogP contribution is 2.48. The monoisotopic (exact) mass is 428 g/mol. The smallest absolute Gasteiger partial charge is 0.320 e. The number of nitrogens with zero attached hydrogens (tertiary/aromatic N) is 2. The maximum atomic E-state index is 12.3. The number of aliphatic hydroxyl groups excluding tert-OH is 1. The van der Waals surface area contributed by atoms with Crippen molar-refractivity contribution in [3.8, 4) is 29.5 Å². The second-order valence-corrected chi connectivity index (χ2v) is 8.27. The maximum Gasteiger partial charge on any atom is 0.320 e. The third-order valence-corrected chi connectivity index (χ3v) is 6.16. The molecule has 0 radical (unpaired) electrons. The van der Waals surface area contributed by atoms with Gasteiger partial charge in [-0.1, -0.05) is 42.5 Å². The topological polar surface area (TPSA) is 98.0 Å². The second-order valence-electron chi connectivity index (χ2n) is 7.41. The highest BCUT2D eigenvalue weighted by Gasteiger charge is 2.44. The predicted octanol–water partition coefficient (Wildman–Crippen LogP) is 4.20. The molecule has 0 aliphatic heterocycles. The van der Waals surface area contributed by atoms with E-state index < -0.39 is 12.1 Å². The van der Waals surface area contributed by atoms with Gasteiger partial charge in [0.25, 0.3) is 0 Å². The number of anilines is 1. The Morgan fingerprint density at radius 3 is 2.65 bits per heavy atom. The molecule has 1 aromatic heterocycles. The molecular formula is C24H20N4O2S. The summed E-state index contributed by atoms with van der Waals surface area (Å²) < 4.78 is 0. The van der Waals surface area contributed by atoms with E-state index in [0.29, 0.717) is 10.8 Å². The zero-order valence-electron chi connectivity index (χ0n) is 16.6. The average Bonchev–Trinajstić information content (AvgIpc) is 3.49. The molecule has 3 N–H and O–H groups in total. The van der Waals surface area contributed by atoms with Crippen LogP contribution in [0, 0.1) is 23.7 Å². The molecule has 154 valence electrons. The van der Waals surface area contributed by atoms with E-state index in [9.17, 15) is 15.2 Å². The predicted molar refractivity (Wildman–Crippen MR) is 120 cm³/mol. The molecule has 1 aliphatic rings. The number of hydrogen-bond donors (Lipinski definition) is 3. The number of aromatic nitrogens is 1. The quantitative estimate of drug-likeness (QED) is 0.513. The number of benzene rings is 2. The van der Waals surface area contributed by atoms with E-state index in [1.165, 1.54) is 11.3 Å². The van der Waals surface area contributed by atoms with E-state index in [1.807, 2.05) is 42.5 Å². The Balaban J connectivity index is 1.45. The lowest BCUT2D eigenvalue weighted by atomic mass is 9.93. The molecule has 0 saturated heterocycles. The summed E-state index contributed by atoms with van der Waals surface area (Å²) in [6.45, 7) is -0.250. The molecule has 1 saturated carbocycles. The SMILES string of the molecule is C#Cc1nc(NC(=O)NC(CO)c2ccc(-c3cccc(C4(C#N)CC4)c3)cc2)cs1. The molecule has 1 aliphatic carbocycles. The van der Waals surface area contributed by atoms with Crippen LogP contribution in [0.1, 0.15) is 35.0 Å². The van der Waals surface area contributed by atoms with Crippen molar-refractivity contribution in [3.63, 3.8) is 0 Å². The maximum absolute atomic E-state index is 12.3. The fourth-order valence-electron chi connectivity index (χ4n) is 3.44. The summed E-state index contributed by atoms with van der Waals surface area (Å²) in [5.74, 6) is 2.78. The van der Waals surface area contributed by atoms with Crippen LogP contribution >= 0.6 is 11.3 Å². The highest BCUT2D eigenvalue weighted by atomic mass is 32.1. The third kappa shape index (κ3) is 4.44. The summed E-state index contributed by atoms with van der Waals surface area (Å²) in [4.78, 5) is 16.3. The van der Waals surface area contributed by atoms with Gasteiger partial charge in [0.15, 0.2) is 5.01 Å². The van der Waals surface area contributed by atoms with Crippen molar-refractivity contribution >= 4 is 23.2 Å². The van der Waals surface area contributed by atoms with Crippen LogP contribution in [0.25, 0.3) is 11.1 Å². The normalized spacial score (nSPS) is 14.7. The number of amides is 2. The van der Waals surface area contributed by atoms with Crippen molar-refractivity contribution in [2.24, 2.45) is 0 Å². The molecule has 6 nitrogen and oxygen atoms in total. The van der Waals surface area contributed by atoms with Gasteiger partial charge in [-0.3, -0.25) is 5.32 Å². The summed E-state index contributed by atoms with van der Waals surface area (Å²) in [5, 5.41) is 26.7. The van der Waals surface area contributed by atoms with Gasteiger partial charge in [0.1, 0.15) is 5.82 Å². The first kappa shape index (κ1) is 20.6. The van der Waals surface area contributed by atoms with Gasteiger partial charge in [-0.2, -0.15) is 5.26 Å². The van der Waals surface area contributed by atoms with Crippen molar-refractivity contribution in [3.05, 3.63) is 70.0 Å². The number of rotatable bonds is 6. The van der Waals surface area contributed by atoms with E-state index in [-0.39, 0.29) is 12.0 Å². The first-order valence-electron chi connectivity index (χ1n) is 9.79. The molecule has 31 heavy (non-hydrogen) atoms. The lowest BCUT2D eigenvalue weighted by Gasteiger charge is -2.17. The Labute approximate surface area is 184 Å². The fourth-order valence-corrected chi connectivity index (χ4v) is 3.99. The van der Waals surface area contributed by atoms with Gasteiger partial charge in [-0.25, -0.2) is 9.78 Å². The van der Waals surface area contributed by atoms with Gasteiger partial charge in [-0.05, 0) is 47.1 Å². The van der Waals surface area contributed by atoms with Crippen molar-refractivity contribution in [1.29, 1.82) is 5.26 Å². The van der Waals surface area contributed by atoms with E-state index in [1.54, 1.807) is 5.38 Å². The average molecular weight is 429 g/mol. The van der Waals surface area contributed by atoms with Crippen LogP contribution in [-0.4, -0.2) is 22.7 Å². The Morgan fingerprint density at radius 1 is 1.26 bits per heavy atom. The molecule has 3 aromatic rings. The van der Waals surface area contributed by atoms with Crippen LogP contribution < -0.4 is 10.6 Å². The largest absolute Gasteiger partial charge is 0.394 e. The van der Waals surface area contributed by atoms with Gasteiger partial charge < -0.3 is 10.4 Å². The molecular weight excluding hydrogens is 408 g/mol.